The van der Waals surface area contributed by atoms with Gasteiger partial charge in [0, 0.05) is 16.3 Å². The molecule has 1 aromatic heterocycles. The molecule has 2 aromatic carbocycles. The van der Waals surface area contributed by atoms with E-state index in [1.54, 1.807) is 16.4 Å². The monoisotopic (exact) mass is 405 g/mol. The van der Waals surface area contributed by atoms with Crippen molar-refractivity contribution in [3.63, 3.8) is 0 Å². The molecule has 2 heterocycles. The minimum Gasteiger partial charge on any atom is -0.328 e. The Balaban J connectivity index is 1.75. The predicted molar refractivity (Wildman–Crippen MR) is 117 cm³/mol. The normalized spacial score (nSPS) is 15.7. The van der Waals surface area contributed by atoms with Gasteiger partial charge in [-0.25, -0.2) is 4.68 Å². The number of thioether (sulfide) groups is 1. The first kappa shape index (κ1) is 19.3. The molecule has 4 rings (SSSR count). The van der Waals surface area contributed by atoms with E-state index in [0.717, 1.165) is 28.1 Å². The fraction of sp³-hybridized carbons (Fsp3) is 0.227. The van der Waals surface area contributed by atoms with E-state index in [0.29, 0.717) is 11.5 Å². The van der Waals surface area contributed by atoms with E-state index in [1.165, 1.54) is 11.2 Å². The number of amides is 1. The molecule has 29 heavy (non-hydrogen) atoms. The van der Waals surface area contributed by atoms with E-state index in [1.807, 2.05) is 51.3 Å². The third kappa shape index (κ3) is 3.65. The first-order valence-electron chi connectivity index (χ1n) is 9.38. The highest BCUT2D eigenvalue weighted by Gasteiger charge is 2.33. The van der Waals surface area contributed by atoms with Gasteiger partial charge in [0.25, 0.3) is 5.91 Å². The van der Waals surface area contributed by atoms with Gasteiger partial charge in [-0.1, -0.05) is 29.8 Å². The smallest absolute Gasteiger partial charge is 0.255 e. The van der Waals surface area contributed by atoms with Crippen molar-refractivity contribution in [3.8, 4) is 0 Å². The standard InChI is InChI=1S/C22H23N5OS/c1-13-5-10-18(14(2)11-13)26-21(28)19-15(3)25-22-23-12-24-27(22)20(19)16-6-8-17(29-4)9-7-16/h5-12,20H,1-4H3,(H,26,28)(H,23,24,25). The number of rotatable bonds is 4. The van der Waals surface area contributed by atoms with Crippen LogP contribution in [0.3, 0.4) is 0 Å². The van der Waals surface area contributed by atoms with Crippen molar-refractivity contribution in [1.82, 2.24) is 14.8 Å². The van der Waals surface area contributed by atoms with Crippen molar-refractivity contribution in [3.05, 3.63) is 76.8 Å². The van der Waals surface area contributed by atoms with Crippen LogP contribution in [0.25, 0.3) is 0 Å². The highest BCUT2D eigenvalue weighted by atomic mass is 32.2. The van der Waals surface area contributed by atoms with Gasteiger partial charge in [0.1, 0.15) is 12.4 Å². The summed E-state index contributed by atoms with van der Waals surface area (Å²) in [4.78, 5) is 18.8. The number of fused-ring (bicyclic) bond motifs is 1. The lowest BCUT2D eigenvalue weighted by Gasteiger charge is -2.29. The summed E-state index contributed by atoms with van der Waals surface area (Å²) >= 11 is 1.69. The molecular weight excluding hydrogens is 382 g/mol. The molecule has 0 radical (unpaired) electrons. The van der Waals surface area contributed by atoms with Crippen LogP contribution in [0.2, 0.25) is 0 Å². The lowest BCUT2D eigenvalue weighted by Crippen LogP contribution is -2.31. The number of hydrogen-bond acceptors (Lipinski definition) is 5. The average Bonchev–Trinajstić information content (AvgIpc) is 3.17. The molecule has 0 aliphatic carbocycles. The number of nitrogens with zero attached hydrogens (tertiary/aromatic N) is 3. The van der Waals surface area contributed by atoms with Gasteiger partial charge in [0.15, 0.2) is 0 Å². The van der Waals surface area contributed by atoms with Gasteiger partial charge < -0.3 is 10.6 Å². The molecule has 2 N–H and O–H groups in total. The summed E-state index contributed by atoms with van der Waals surface area (Å²) in [5.74, 6) is 0.478. The van der Waals surface area contributed by atoms with Crippen molar-refractivity contribution in [2.45, 2.75) is 31.7 Å². The average molecular weight is 406 g/mol. The second kappa shape index (κ2) is 7.75. The van der Waals surface area contributed by atoms with Crippen LogP contribution in [0.15, 0.2) is 65.0 Å². The number of hydrogen-bond donors (Lipinski definition) is 2. The minimum atomic E-state index is -0.351. The van der Waals surface area contributed by atoms with Gasteiger partial charge in [0.05, 0.1) is 5.57 Å². The Hall–Kier alpha value is -3.06. The molecule has 1 atom stereocenters. The van der Waals surface area contributed by atoms with Crippen LogP contribution >= 0.6 is 11.8 Å². The maximum Gasteiger partial charge on any atom is 0.255 e. The SMILES string of the molecule is CSc1ccc(C2C(C(=O)Nc3ccc(C)cc3C)=C(C)Nc3ncnn32)cc1. The predicted octanol–water partition coefficient (Wildman–Crippen LogP) is 4.54. The van der Waals surface area contributed by atoms with Crippen LogP contribution in [0.4, 0.5) is 11.6 Å². The Kier molecular flexibility index (Phi) is 5.15. The van der Waals surface area contributed by atoms with Gasteiger partial charge in [-0.3, -0.25) is 4.79 Å². The fourth-order valence-corrected chi connectivity index (χ4v) is 4.03. The van der Waals surface area contributed by atoms with Gasteiger partial charge in [-0.15, -0.1) is 11.8 Å². The van der Waals surface area contributed by atoms with Crippen molar-refractivity contribution in [2.24, 2.45) is 0 Å². The summed E-state index contributed by atoms with van der Waals surface area (Å²) in [6.45, 7) is 5.94. The van der Waals surface area contributed by atoms with E-state index in [2.05, 4.69) is 38.9 Å². The van der Waals surface area contributed by atoms with Gasteiger partial charge in [0.2, 0.25) is 5.95 Å². The van der Waals surface area contributed by atoms with Crippen LogP contribution in [-0.2, 0) is 4.79 Å². The number of benzene rings is 2. The van der Waals surface area contributed by atoms with Crippen LogP contribution in [0.1, 0.15) is 29.7 Å². The molecule has 7 heteroatoms. The number of allylic oxidation sites excluding steroid dienone is 1. The number of aryl methyl sites for hydroxylation is 2. The molecular formula is C22H23N5OS. The van der Waals surface area contributed by atoms with Gasteiger partial charge in [-0.05, 0) is 56.4 Å². The molecule has 0 saturated heterocycles. The highest BCUT2D eigenvalue weighted by Crippen LogP contribution is 2.36. The molecule has 6 nitrogen and oxygen atoms in total. The Morgan fingerprint density at radius 2 is 1.90 bits per heavy atom. The van der Waals surface area contributed by atoms with Crippen molar-refractivity contribution in [2.75, 3.05) is 16.9 Å². The molecule has 1 unspecified atom stereocenters. The summed E-state index contributed by atoms with van der Waals surface area (Å²) in [7, 11) is 0. The highest BCUT2D eigenvalue weighted by molar-refractivity contribution is 7.98. The number of aromatic nitrogens is 3. The summed E-state index contributed by atoms with van der Waals surface area (Å²) < 4.78 is 1.76. The third-order valence-corrected chi connectivity index (χ3v) is 5.84. The summed E-state index contributed by atoms with van der Waals surface area (Å²) in [6, 6.07) is 13.9. The van der Waals surface area contributed by atoms with Crippen molar-refractivity contribution >= 4 is 29.3 Å². The summed E-state index contributed by atoms with van der Waals surface area (Å²) in [6.07, 6.45) is 3.55. The van der Waals surface area contributed by atoms with E-state index in [-0.39, 0.29) is 11.9 Å². The Morgan fingerprint density at radius 3 is 2.59 bits per heavy atom. The number of carbonyl (C=O) groups excluding carboxylic acids is 1. The van der Waals surface area contributed by atoms with Gasteiger partial charge in [-0.2, -0.15) is 10.1 Å². The molecule has 0 fully saturated rings. The molecule has 1 aliphatic rings. The largest absolute Gasteiger partial charge is 0.328 e. The first-order chi connectivity index (χ1) is 14.0. The zero-order chi connectivity index (χ0) is 20.5. The van der Waals surface area contributed by atoms with E-state index in [9.17, 15) is 4.79 Å². The maximum absolute atomic E-state index is 13.4. The molecule has 0 bridgehead atoms. The van der Waals surface area contributed by atoms with Crippen LogP contribution in [0, 0.1) is 13.8 Å². The molecule has 148 valence electrons. The number of nitrogens with one attached hydrogen (secondary N) is 2. The second-order valence-electron chi connectivity index (χ2n) is 7.14. The van der Waals surface area contributed by atoms with Crippen LogP contribution in [0.5, 0.6) is 0 Å². The number of anilines is 2. The third-order valence-electron chi connectivity index (χ3n) is 5.10. The molecule has 1 amide bonds. The quantitative estimate of drug-likeness (QED) is 0.624. The molecule has 0 spiro atoms. The molecule has 3 aromatic rings. The maximum atomic E-state index is 13.4. The van der Waals surface area contributed by atoms with E-state index < -0.39 is 0 Å². The van der Waals surface area contributed by atoms with Crippen molar-refractivity contribution < 1.29 is 4.79 Å². The van der Waals surface area contributed by atoms with E-state index >= 15 is 0 Å². The zero-order valence-electron chi connectivity index (χ0n) is 16.9. The Bertz CT molecular complexity index is 1100. The molecule has 1 aliphatic heterocycles. The lowest BCUT2D eigenvalue weighted by atomic mass is 9.95. The topological polar surface area (TPSA) is 71.8 Å². The molecule has 0 saturated carbocycles. The minimum absolute atomic E-state index is 0.151. The van der Waals surface area contributed by atoms with Crippen molar-refractivity contribution in [1.29, 1.82) is 0 Å². The Morgan fingerprint density at radius 1 is 1.14 bits per heavy atom. The lowest BCUT2D eigenvalue weighted by molar-refractivity contribution is -0.113. The number of carbonyl (C=O) groups is 1. The van der Waals surface area contributed by atoms with E-state index in [4.69, 9.17) is 0 Å². The summed E-state index contributed by atoms with van der Waals surface area (Å²) in [5, 5.41) is 10.7. The first-order valence-corrected chi connectivity index (χ1v) is 10.6. The van der Waals surface area contributed by atoms with Crippen LogP contribution in [-0.4, -0.2) is 26.9 Å². The fourth-order valence-electron chi connectivity index (χ4n) is 3.62. The van der Waals surface area contributed by atoms with Crippen LogP contribution < -0.4 is 10.6 Å². The summed E-state index contributed by atoms with van der Waals surface area (Å²) in [5.41, 5.74) is 5.38. The zero-order valence-corrected chi connectivity index (χ0v) is 17.7. The van der Waals surface area contributed by atoms with Gasteiger partial charge >= 0.3 is 0 Å². The Labute approximate surface area is 174 Å². The second-order valence-corrected chi connectivity index (χ2v) is 8.02.